The molecule has 194 valence electrons. The van der Waals surface area contributed by atoms with Gasteiger partial charge in [-0.2, -0.15) is 0 Å². The lowest BCUT2D eigenvalue weighted by atomic mass is 10.0. The lowest BCUT2D eigenvalue weighted by Gasteiger charge is -2.29. The number of aromatic nitrogens is 3. The average molecular weight is 615 g/mol. The van der Waals surface area contributed by atoms with Gasteiger partial charge in [-0.05, 0) is 66.9 Å². The fourth-order valence-corrected chi connectivity index (χ4v) is 5.69. The van der Waals surface area contributed by atoms with Crippen LogP contribution in [-0.2, 0) is 17.8 Å². The largest absolute Gasteiger partial charge is 0.345 e. The summed E-state index contributed by atoms with van der Waals surface area (Å²) in [5, 5.41) is 12.1. The van der Waals surface area contributed by atoms with E-state index in [0.717, 1.165) is 28.6 Å². The Morgan fingerprint density at radius 3 is 2.68 bits per heavy atom. The van der Waals surface area contributed by atoms with E-state index in [1.807, 2.05) is 23.1 Å². The zero-order valence-corrected chi connectivity index (χ0v) is 23.2. The van der Waals surface area contributed by atoms with Gasteiger partial charge in [0, 0.05) is 22.4 Å². The Bertz CT molecular complexity index is 1500. The van der Waals surface area contributed by atoms with Gasteiger partial charge in [0.25, 0.3) is 5.91 Å². The van der Waals surface area contributed by atoms with Crippen LogP contribution in [0.25, 0.3) is 5.69 Å². The minimum Gasteiger partial charge on any atom is -0.345 e. The summed E-state index contributed by atoms with van der Waals surface area (Å²) in [5.41, 5.74) is 3.03. The van der Waals surface area contributed by atoms with Crippen molar-refractivity contribution in [1.29, 1.82) is 0 Å². The number of carbonyl (C=O) groups is 2. The summed E-state index contributed by atoms with van der Waals surface area (Å²) in [7, 11) is 0. The Morgan fingerprint density at radius 2 is 1.87 bits per heavy atom. The standard InChI is InChI=1S/C27H22BrClFN5O2S/c28-18-7-12-22(29)21(14-18)26(37)31-15-24-32-33-27(35(24)20-10-8-19(30)9-11-20)38-16-25(36)34-13-3-5-17-4-1-2-6-23(17)34/h1-2,4,6-12,14H,3,5,13,15-16H2,(H,31,37). The molecule has 11 heteroatoms. The highest BCUT2D eigenvalue weighted by Gasteiger charge is 2.24. The summed E-state index contributed by atoms with van der Waals surface area (Å²) in [4.78, 5) is 27.8. The number of para-hydroxylation sites is 1. The van der Waals surface area contributed by atoms with Crippen molar-refractivity contribution in [2.24, 2.45) is 0 Å². The first-order chi connectivity index (χ1) is 18.4. The topological polar surface area (TPSA) is 80.1 Å². The van der Waals surface area contributed by atoms with E-state index in [2.05, 4.69) is 37.5 Å². The van der Waals surface area contributed by atoms with Crippen LogP contribution < -0.4 is 10.2 Å². The fourth-order valence-electron chi connectivity index (χ4n) is 4.28. The molecule has 2 amide bonds. The molecule has 0 radical (unpaired) electrons. The van der Waals surface area contributed by atoms with Crippen LogP contribution in [0.1, 0.15) is 28.2 Å². The second-order valence-corrected chi connectivity index (χ2v) is 10.8. The highest BCUT2D eigenvalue weighted by atomic mass is 79.9. The number of carbonyl (C=O) groups excluding carboxylic acids is 2. The molecule has 0 atom stereocenters. The number of amides is 2. The molecular formula is C27H22BrClFN5O2S. The van der Waals surface area contributed by atoms with E-state index in [1.54, 1.807) is 34.9 Å². The quantitative estimate of drug-likeness (QED) is 0.265. The van der Waals surface area contributed by atoms with Crippen LogP contribution in [-0.4, -0.2) is 38.9 Å². The molecule has 0 aliphatic carbocycles. The van der Waals surface area contributed by atoms with E-state index in [4.69, 9.17) is 11.6 Å². The Balaban J connectivity index is 1.36. The Labute approximate surface area is 236 Å². The van der Waals surface area contributed by atoms with Crippen molar-refractivity contribution in [2.75, 3.05) is 17.2 Å². The van der Waals surface area contributed by atoms with Crippen molar-refractivity contribution in [2.45, 2.75) is 24.5 Å². The third kappa shape index (κ3) is 5.77. The van der Waals surface area contributed by atoms with E-state index >= 15 is 0 Å². The first-order valence-electron chi connectivity index (χ1n) is 11.9. The molecule has 38 heavy (non-hydrogen) atoms. The highest BCUT2D eigenvalue weighted by molar-refractivity contribution is 9.10. The second-order valence-electron chi connectivity index (χ2n) is 8.58. The molecular weight excluding hydrogens is 593 g/mol. The predicted octanol–water partition coefficient (Wildman–Crippen LogP) is 5.82. The number of fused-ring (bicyclic) bond motifs is 1. The van der Waals surface area contributed by atoms with E-state index in [0.29, 0.717) is 33.8 Å². The number of hydrogen-bond donors (Lipinski definition) is 1. The number of aryl methyl sites for hydroxylation is 1. The Kier molecular flexibility index (Phi) is 8.11. The molecule has 0 spiro atoms. The van der Waals surface area contributed by atoms with E-state index in [1.165, 1.54) is 23.9 Å². The third-order valence-electron chi connectivity index (χ3n) is 6.10. The van der Waals surface area contributed by atoms with Gasteiger partial charge in [0.15, 0.2) is 11.0 Å². The molecule has 1 aliphatic heterocycles. The zero-order valence-electron chi connectivity index (χ0n) is 20.0. The first-order valence-corrected chi connectivity index (χ1v) is 14.0. The van der Waals surface area contributed by atoms with Gasteiger partial charge in [0.05, 0.1) is 22.9 Å². The van der Waals surface area contributed by atoms with E-state index in [9.17, 15) is 14.0 Å². The molecule has 0 unspecified atom stereocenters. The van der Waals surface area contributed by atoms with Crippen molar-refractivity contribution in [3.63, 3.8) is 0 Å². The van der Waals surface area contributed by atoms with Gasteiger partial charge < -0.3 is 10.2 Å². The molecule has 0 saturated heterocycles. The molecule has 7 nitrogen and oxygen atoms in total. The number of nitrogens with zero attached hydrogens (tertiary/aromatic N) is 4. The fraction of sp³-hybridized carbons (Fsp3) is 0.185. The minimum atomic E-state index is -0.380. The van der Waals surface area contributed by atoms with Crippen LogP contribution in [0.5, 0.6) is 0 Å². The summed E-state index contributed by atoms with van der Waals surface area (Å²) in [5.74, 6) is -0.218. The molecule has 1 aromatic heterocycles. The maximum Gasteiger partial charge on any atom is 0.253 e. The van der Waals surface area contributed by atoms with Crippen LogP contribution in [0.15, 0.2) is 76.4 Å². The Morgan fingerprint density at radius 1 is 1.08 bits per heavy atom. The predicted molar refractivity (Wildman–Crippen MR) is 149 cm³/mol. The Hall–Kier alpha value is -3.21. The molecule has 0 bridgehead atoms. The second kappa shape index (κ2) is 11.7. The molecule has 0 fully saturated rings. The molecule has 1 N–H and O–H groups in total. The van der Waals surface area contributed by atoms with Gasteiger partial charge in [-0.1, -0.05) is 57.5 Å². The van der Waals surface area contributed by atoms with Gasteiger partial charge in [0.1, 0.15) is 5.82 Å². The molecule has 0 saturated carbocycles. The van der Waals surface area contributed by atoms with E-state index < -0.39 is 0 Å². The summed E-state index contributed by atoms with van der Waals surface area (Å²) in [6, 6.07) is 18.8. The van der Waals surface area contributed by atoms with Crippen LogP contribution in [0.3, 0.4) is 0 Å². The molecule has 5 rings (SSSR count). The highest BCUT2D eigenvalue weighted by Crippen LogP contribution is 2.29. The summed E-state index contributed by atoms with van der Waals surface area (Å²) >= 11 is 10.8. The molecule has 2 heterocycles. The summed E-state index contributed by atoms with van der Waals surface area (Å²) < 4.78 is 16.1. The van der Waals surface area contributed by atoms with Crippen molar-refractivity contribution >= 4 is 56.8 Å². The number of halogens is 3. The number of benzene rings is 3. The number of nitrogens with one attached hydrogen (secondary N) is 1. The van der Waals surface area contributed by atoms with Crippen molar-refractivity contribution < 1.29 is 14.0 Å². The molecule has 4 aromatic rings. The monoisotopic (exact) mass is 613 g/mol. The molecule has 1 aliphatic rings. The smallest absolute Gasteiger partial charge is 0.253 e. The number of anilines is 1. The number of thioether (sulfide) groups is 1. The van der Waals surface area contributed by atoms with Gasteiger partial charge >= 0.3 is 0 Å². The molecule has 3 aromatic carbocycles. The SMILES string of the molecule is O=C(NCc1nnc(SCC(=O)N2CCCc3ccccc32)n1-c1ccc(F)cc1)c1cc(Br)ccc1Cl. The lowest BCUT2D eigenvalue weighted by molar-refractivity contribution is -0.116. The van der Waals surface area contributed by atoms with Crippen LogP contribution in [0, 0.1) is 5.82 Å². The van der Waals surface area contributed by atoms with Gasteiger partial charge in [0.2, 0.25) is 5.91 Å². The van der Waals surface area contributed by atoms with Crippen LogP contribution in [0.4, 0.5) is 10.1 Å². The lowest BCUT2D eigenvalue weighted by Crippen LogP contribution is -2.36. The number of rotatable bonds is 7. The maximum absolute atomic E-state index is 13.7. The zero-order chi connectivity index (χ0) is 26.6. The summed E-state index contributed by atoms with van der Waals surface area (Å²) in [6.45, 7) is 0.705. The van der Waals surface area contributed by atoms with Crippen molar-refractivity contribution in [3.05, 3.63) is 99.0 Å². The van der Waals surface area contributed by atoms with Gasteiger partial charge in [-0.3, -0.25) is 14.2 Å². The number of hydrogen-bond acceptors (Lipinski definition) is 5. The normalized spacial score (nSPS) is 12.8. The average Bonchev–Trinajstić information content (AvgIpc) is 3.34. The van der Waals surface area contributed by atoms with Gasteiger partial charge in [-0.25, -0.2) is 4.39 Å². The first kappa shape index (κ1) is 26.4. The van der Waals surface area contributed by atoms with E-state index in [-0.39, 0.29) is 29.9 Å². The van der Waals surface area contributed by atoms with Crippen LogP contribution >= 0.6 is 39.3 Å². The summed E-state index contributed by atoms with van der Waals surface area (Å²) in [6.07, 6.45) is 1.86. The third-order valence-corrected chi connectivity index (χ3v) is 7.84. The van der Waals surface area contributed by atoms with Crippen molar-refractivity contribution in [1.82, 2.24) is 20.1 Å². The van der Waals surface area contributed by atoms with Crippen molar-refractivity contribution in [3.8, 4) is 5.69 Å². The van der Waals surface area contributed by atoms with Crippen LogP contribution in [0.2, 0.25) is 5.02 Å². The van der Waals surface area contributed by atoms with Gasteiger partial charge in [-0.15, -0.1) is 10.2 Å². The maximum atomic E-state index is 13.7. The minimum absolute atomic E-state index is 0.0324.